The van der Waals surface area contributed by atoms with Gasteiger partial charge >= 0.3 is 0 Å². The van der Waals surface area contributed by atoms with Crippen LogP contribution in [0.25, 0.3) is 0 Å². The molecule has 0 saturated carbocycles. The SMILES string of the molecule is Cc1cc(C)c(S(=O)(=O)NCc2nccn2C)cc1CO. The Morgan fingerprint density at radius 2 is 2.00 bits per heavy atom. The Balaban J connectivity index is 2.29. The van der Waals surface area contributed by atoms with Crippen LogP contribution in [-0.4, -0.2) is 23.1 Å². The number of hydrogen-bond donors (Lipinski definition) is 2. The minimum absolute atomic E-state index is 0.119. The summed E-state index contributed by atoms with van der Waals surface area (Å²) >= 11 is 0. The van der Waals surface area contributed by atoms with Crippen molar-refractivity contribution in [3.05, 3.63) is 47.0 Å². The molecule has 0 amide bonds. The Labute approximate surface area is 124 Å². The van der Waals surface area contributed by atoms with Crippen molar-refractivity contribution >= 4 is 10.0 Å². The molecule has 0 spiro atoms. The number of nitrogens with zero attached hydrogens (tertiary/aromatic N) is 2. The summed E-state index contributed by atoms with van der Waals surface area (Å²) in [5.41, 5.74) is 2.13. The Hall–Kier alpha value is -1.70. The summed E-state index contributed by atoms with van der Waals surface area (Å²) in [6, 6.07) is 3.28. The molecule has 0 fully saturated rings. The molecule has 6 nitrogen and oxygen atoms in total. The highest BCUT2D eigenvalue weighted by atomic mass is 32.2. The lowest BCUT2D eigenvalue weighted by Crippen LogP contribution is -2.25. The highest BCUT2D eigenvalue weighted by Gasteiger charge is 2.18. The van der Waals surface area contributed by atoms with Crippen molar-refractivity contribution in [1.82, 2.24) is 14.3 Å². The van der Waals surface area contributed by atoms with Crippen LogP contribution in [0.15, 0.2) is 29.4 Å². The van der Waals surface area contributed by atoms with Gasteiger partial charge in [-0.2, -0.15) is 0 Å². The lowest BCUT2D eigenvalue weighted by molar-refractivity contribution is 0.280. The summed E-state index contributed by atoms with van der Waals surface area (Å²) in [4.78, 5) is 4.27. The zero-order valence-corrected chi connectivity index (χ0v) is 13.1. The Kier molecular flexibility index (Phi) is 4.46. The van der Waals surface area contributed by atoms with Gasteiger partial charge in [-0.25, -0.2) is 18.1 Å². The van der Waals surface area contributed by atoms with Gasteiger partial charge in [0, 0.05) is 19.4 Å². The van der Waals surface area contributed by atoms with Crippen LogP contribution < -0.4 is 4.72 Å². The summed E-state index contributed by atoms with van der Waals surface area (Å²) in [5, 5.41) is 9.29. The van der Waals surface area contributed by atoms with Crippen LogP contribution in [0.1, 0.15) is 22.5 Å². The fourth-order valence-electron chi connectivity index (χ4n) is 2.14. The van der Waals surface area contributed by atoms with Crippen LogP contribution >= 0.6 is 0 Å². The number of sulfonamides is 1. The first-order chi connectivity index (χ1) is 9.85. The van der Waals surface area contributed by atoms with Crippen molar-refractivity contribution in [2.45, 2.75) is 31.9 Å². The molecule has 2 rings (SSSR count). The third-order valence-electron chi connectivity index (χ3n) is 3.43. The van der Waals surface area contributed by atoms with Gasteiger partial charge in [0.1, 0.15) is 5.82 Å². The minimum atomic E-state index is -3.65. The number of nitrogens with one attached hydrogen (secondary N) is 1. The van der Waals surface area contributed by atoms with Crippen LogP contribution in [0, 0.1) is 13.8 Å². The molecule has 0 radical (unpaired) electrons. The van der Waals surface area contributed by atoms with E-state index in [1.165, 1.54) is 6.07 Å². The zero-order valence-electron chi connectivity index (χ0n) is 12.3. The standard InChI is InChI=1S/C14H19N3O3S/c1-10-6-11(2)13(7-12(10)9-18)21(19,20)16-8-14-15-4-5-17(14)3/h4-7,16,18H,8-9H2,1-3H3. The molecule has 1 aromatic heterocycles. The molecule has 2 N–H and O–H groups in total. The predicted octanol–water partition coefficient (Wildman–Crippen LogP) is 1.01. The molecule has 0 bridgehead atoms. The van der Waals surface area contributed by atoms with Crippen molar-refractivity contribution in [3.63, 3.8) is 0 Å². The van der Waals surface area contributed by atoms with Crippen molar-refractivity contribution in [2.75, 3.05) is 0 Å². The number of hydrogen-bond acceptors (Lipinski definition) is 4. The van der Waals surface area contributed by atoms with E-state index in [0.29, 0.717) is 17.0 Å². The van der Waals surface area contributed by atoms with Crippen LogP contribution in [0.4, 0.5) is 0 Å². The van der Waals surface area contributed by atoms with Gasteiger partial charge in [0.05, 0.1) is 18.0 Å². The van der Waals surface area contributed by atoms with Crippen molar-refractivity contribution in [1.29, 1.82) is 0 Å². The quantitative estimate of drug-likeness (QED) is 0.863. The largest absolute Gasteiger partial charge is 0.392 e. The fourth-order valence-corrected chi connectivity index (χ4v) is 3.39. The smallest absolute Gasteiger partial charge is 0.241 e. The Bertz CT molecular complexity index is 751. The number of aryl methyl sites for hydroxylation is 3. The number of aromatic nitrogens is 2. The third kappa shape index (κ3) is 3.31. The number of benzene rings is 1. The van der Waals surface area contributed by atoms with Gasteiger partial charge in [-0.15, -0.1) is 0 Å². The topological polar surface area (TPSA) is 84.2 Å². The average Bonchev–Trinajstić information content (AvgIpc) is 2.82. The van der Waals surface area contributed by atoms with E-state index in [2.05, 4.69) is 9.71 Å². The van der Waals surface area contributed by atoms with Gasteiger partial charge in [0.15, 0.2) is 0 Å². The summed E-state index contributed by atoms with van der Waals surface area (Å²) in [5.74, 6) is 0.630. The van der Waals surface area contributed by atoms with E-state index in [4.69, 9.17) is 0 Å². The minimum Gasteiger partial charge on any atom is -0.392 e. The summed E-state index contributed by atoms with van der Waals surface area (Å²) in [6.07, 6.45) is 3.37. The molecule has 7 heteroatoms. The van der Waals surface area contributed by atoms with E-state index in [9.17, 15) is 13.5 Å². The van der Waals surface area contributed by atoms with Gasteiger partial charge < -0.3 is 9.67 Å². The monoisotopic (exact) mass is 309 g/mol. The molecule has 0 aliphatic carbocycles. The van der Waals surface area contributed by atoms with E-state index < -0.39 is 10.0 Å². The lowest BCUT2D eigenvalue weighted by Gasteiger charge is -2.12. The Morgan fingerprint density at radius 3 is 2.57 bits per heavy atom. The number of aliphatic hydroxyl groups is 1. The van der Waals surface area contributed by atoms with Crippen LogP contribution in [0.2, 0.25) is 0 Å². The van der Waals surface area contributed by atoms with Gasteiger partial charge in [-0.3, -0.25) is 0 Å². The van der Waals surface area contributed by atoms with Crippen LogP contribution in [0.3, 0.4) is 0 Å². The molecule has 0 aliphatic heterocycles. The second kappa shape index (κ2) is 5.97. The molecule has 0 saturated heterocycles. The van der Waals surface area contributed by atoms with Crippen molar-refractivity contribution < 1.29 is 13.5 Å². The lowest BCUT2D eigenvalue weighted by atomic mass is 10.1. The molecule has 21 heavy (non-hydrogen) atoms. The normalized spacial score (nSPS) is 11.8. The zero-order chi connectivity index (χ0) is 15.6. The first kappa shape index (κ1) is 15.7. The third-order valence-corrected chi connectivity index (χ3v) is 4.98. The molecular formula is C14H19N3O3S. The predicted molar refractivity (Wildman–Crippen MR) is 79.1 cm³/mol. The summed E-state index contributed by atoms with van der Waals surface area (Å²) in [6.45, 7) is 3.52. The van der Waals surface area contributed by atoms with E-state index in [0.717, 1.165) is 5.56 Å². The summed E-state index contributed by atoms with van der Waals surface area (Å²) < 4.78 is 29.1. The van der Waals surface area contributed by atoms with Gasteiger partial charge in [0.25, 0.3) is 0 Å². The maximum absolute atomic E-state index is 12.4. The van der Waals surface area contributed by atoms with Gasteiger partial charge in [-0.05, 0) is 36.6 Å². The second-order valence-corrected chi connectivity index (χ2v) is 6.72. The molecule has 2 aromatic rings. The number of imidazole rings is 1. The average molecular weight is 309 g/mol. The van der Waals surface area contributed by atoms with Crippen molar-refractivity contribution in [2.24, 2.45) is 7.05 Å². The number of aliphatic hydroxyl groups excluding tert-OH is 1. The second-order valence-electron chi connectivity index (χ2n) is 4.98. The van der Waals surface area contributed by atoms with Crippen molar-refractivity contribution in [3.8, 4) is 0 Å². The molecule has 0 unspecified atom stereocenters. The molecular weight excluding hydrogens is 290 g/mol. The highest BCUT2D eigenvalue weighted by molar-refractivity contribution is 7.89. The fraction of sp³-hybridized carbons (Fsp3) is 0.357. The molecule has 1 aromatic carbocycles. The van der Waals surface area contributed by atoms with Gasteiger partial charge in [-0.1, -0.05) is 6.07 Å². The number of rotatable bonds is 5. The van der Waals surface area contributed by atoms with E-state index in [1.807, 2.05) is 6.92 Å². The maximum atomic E-state index is 12.4. The molecule has 1 heterocycles. The van der Waals surface area contributed by atoms with Crippen LogP contribution in [0.5, 0.6) is 0 Å². The first-order valence-corrected chi connectivity index (χ1v) is 8.00. The van der Waals surface area contributed by atoms with E-state index >= 15 is 0 Å². The summed E-state index contributed by atoms with van der Waals surface area (Å²) in [7, 11) is -1.84. The maximum Gasteiger partial charge on any atom is 0.241 e. The molecule has 114 valence electrons. The van der Waals surface area contributed by atoms with E-state index in [1.54, 1.807) is 37.0 Å². The molecule has 0 aliphatic rings. The van der Waals surface area contributed by atoms with E-state index in [-0.39, 0.29) is 18.0 Å². The first-order valence-electron chi connectivity index (χ1n) is 6.52. The van der Waals surface area contributed by atoms with Gasteiger partial charge in [0.2, 0.25) is 10.0 Å². The van der Waals surface area contributed by atoms with Crippen LogP contribution in [-0.2, 0) is 30.2 Å². The molecule has 0 atom stereocenters. The highest BCUT2D eigenvalue weighted by Crippen LogP contribution is 2.20. The Morgan fingerprint density at radius 1 is 1.29 bits per heavy atom.